The molecule has 26 heavy (non-hydrogen) atoms. The molecule has 0 spiro atoms. The molecule has 0 aliphatic carbocycles. The van der Waals surface area contributed by atoms with Crippen molar-refractivity contribution in [2.24, 2.45) is 0 Å². The van der Waals surface area contributed by atoms with E-state index in [2.05, 4.69) is 24.5 Å². The van der Waals surface area contributed by atoms with E-state index in [0.717, 1.165) is 38.4 Å². The molecule has 3 heterocycles. The van der Waals surface area contributed by atoms with Crippen molar-refractivity contribution in [1.29, 1.82) is 0 Å². The maximum absolute atomic E-state index is 12.4. The largest absolute Gasteiger partial charge is 0.395 e. The van der Waals surface area contributed by atoms with Crippen molar-refractivity contribution in [1.82, 2.24) is 18.8 Å². The summed E-state index contributed by atoms with van der Waals surface area (Å²) in [4.78, 5) is 21.6. The molecule has 1 saturated heterocycles. The lowest BCUT2D eigenvalue weighted by atomic mass is 10.2. The molecule has 0 atom stereocenters. The molecule has 0 radical (unpaired) electrons. The molecule has 0 bridgehead atoms. The van der Waals surface area contributed by atoms with Crippen LogP contribution in [0.5, 0.6) is 0 Å². The summed E-state index contributed by atoms with van der Waals surface area (Å²) < 4.78 is 5.61. The molecule has 8 heteroatoms. The van der Waals surface area contributed by atoms with Crippen LogP contribution in [0.3, 0.4) is 0 Å². The van der Waals surface area contributed by atoms with Gasteiger partial charge < -0.3 is 10.0 Å². The van der Waals surface area contributed by atoms with Gasteiger partial charge in [0.25, 0.3) is 5.56 Å². The Hall–Kier alpha value is -2.29. The SMILES string of the molecule is O=c1c2ccc(N3CCN(Cc4cnsc4)CC3)cc2ncn1CCO. The number of hydrogen-bond acceptors (Lipinski definition) is 7. The van der Waals surface area contributed by atoms with E-state index in [0.29, 0.717) is 10.9 Å². The van der Waals surface area contributed by atoms with Crippen molar-refractivity contribution in [2.75, 3.05) is 37.7 Å². The van der Waals surface area contributed by atoms with Crippen molar-refractivity contribution in [3.63, 3.8) is 0 Å². The van der Waals surface area contributed by atoms with Crippen LogP contribution in [0.25, 0.3) is 10.9 Å². The third kappa shape index (κ3) is 3.48. The van der Waals surface area contributed by atoms with E-state index < -0.39 is 0 Å². The summed E-state index contributed by atoms with van der Waals surface area (Å²) in [7, 11) is 0. The van der Waals surface area contributed by atoms with E-state index in [-0.39, 0.29) is 18.7 Å². The molecular formula is C18H21N5O2S. The van der Waals surface area contributed by atoms with Gasteiger partial charge >= 0.3 is 0 Å². The summed E-state index contributed by atoms with van der Waals surface area (Å²) in [5, 5.41) is 11.7. The molecule has 136 valence electrons. The third-order valence-electron chi connectivity index (χ3n) is 4.78. The summed E-state index contributed by atoms with van der Waals surface area (Å²) in [6.07, 6.45) is 3.45. The maximum Gasteiger partial charge on any atom is 0.261 e. The maximum atomic E-state index is 12.4. The van der Waals surface area contributed by atoms with Crippen LogP contribution in [0, 0.1) is 0 Å². The monoisotopic (exact) mass is 371 g/mol. The minimum atomic E-state index is -0.107. The zero-order valence-corrected chi connectivity index (χ0v) is 15.2. The highest BCUT2D eigenvalue weighted by Crippen LogP contribution is 2.21. The minimum absolute atomic E-state index is 0.0725. The number of nitrogens with zero attached hydrogens (tertiary/aromatic N) is 5. The summed E-state index contributed by atoms with van der Waals surface area (Å²) in [5.74, 6) is 0. The fraction of sp³-hybridized carbons (Fsp3) is 0.389. The van der Waals surface area contributed by atoms with Crippen molar-refractivity contribution < 1.29 is 5.11 Å². The second-order valence-electron chi connectivity index (χ2n) is 6.46. The van der Waals surface area contributed by atoms with Crippen LogP contribution in [0.2, 0.25) is 0 Å². The van der Waals surface area contributed by atoms with Gasteiger partial charge in [0.15, 0.2) is 0 Å². The first-order valence-corrected chi connectivity index (χ1v) is 9.54. The van der Waals surface area contributed by atoms with Gasteiger partial charge in [-0.05, 0) is 35.3 Å². The van der Waals surface area contributed by atoms with Crippen LogP contribution in [0.15, 0.2) is 40.9 Å². The number of aliphatic hydroxyl groups is 1. The third-order valence-corrected chi connectivity index (χ3v) is 5.41. The molecule has 1 aliphatic rings. The van der Waals surface area contributed by atoms with Crippen molar-refractivity contribution in [3.8, 4) is 0 Å². The number of benzene rings is 1. The molecule has 0 unspecified atom stereocenters. The highest BCUT2D eigenvalue weighted by atomic mass is 32.1. The zero-order valence-electron chi connectivity index (χ0n) is 14.4. The van der Waals surface area contributed by atoms with Gasteiger partial charge in [-0.25, -0.2) is 9.36 Å². The fourth-order valence-electron chi connectivity index (χ4n) is 3.34. The van der Waals surface area contributed by atoms with E-state index >= 15 is 0 Å². The topological polar surface area (TPSA) is 74.5 Å². The van der Waals surface area contributed by atoms with Gasteiger partial charge in [0.05, 0.1) is 30.4 Å². The van der Waals surface area contributed by atoms with Crippen LogP contribution in [-0.4, -0.2) is 56.7 Å². The van der Waals surface area contributed by atoms with E-state index in [1.54, 1.807) is 0 Å². The van der Waals surface area contributed by atoms with Gasteiger partial charge in [0.2, 0.25) is 0 Å². The summed E-state index contributed by atoms with van der Waals surface area (Å²) in [5.41, 5.74) is 2.97. The number of piperazine rings is 1. The van der Waals surface area contributed by atoms with Gasteiger partial charge in [-0.15, -0.1) is 0 Å². The number of fused-ring (bicyclic) bond motifs is 1. The van der Waals surface area contributed by atoms with Crippen LogP contribution in [0.4, 0.5) is 5.69 Å². The molecule has 0 saturated carbocycles. The first-order chi connectivity index (χ1) is 12.7. The summed E-state index contributed by atoms with van der Waals surface area (Å²) in [6.45, 7) is 5.05. The first kappa shape index (κ1) is 17.1. The standard InChI is InChI=1S/C18H21N5O2S/c24-8-7-23-13-19-17-9-15(1-2-16(17)18(23)25)22-5-3-21(4-6-22)11-14-10-20-26-12-14/h1-2,9-10,12-13,24H,3-8,11H2. The summed E-state index contributed by atoms with van der Waals surface area (Å²) >= 11 is 1.50. The Morgan fingerprint density at radius 2 is 2.04 bits per heavy atom. The van der Waals surface area contributed by atoms with Crippen molar-refractivity contribution in [2.45, 2.75) is 13.1 Å². The quantitative estimate of drug-likeness (QED) is 0.726. The number of anilines is 1. The minimum Gasteiger partial charge on any atom is -0.395 e. The molecule has 1 N–H and O–H groups in total. The van der Waals surface area contributed by atoms with Crippen LogP contribution < -0.4 is 10.5 Å². The number of aromatic nitrogens is 3. The average Bonchev–Trinajstić information content (AvgIpc) is 3.18. The van der Waals surface area contributed by atoms with Crippen LogP contribution >= 0.6 is 11.5 Å². The molecule has 7 nitrogen and oxygen atoms in total. The van der Waals surface area contributed by atoms with E-state index in [1.807, 2.05) is 24.4 Å². The average molecular weight is 371 g/mol. The van der Waals surface area contributed by atoms with Gasteiger partial charge in [-0.1, -0.05) is 0 Å². The van der Waals surface area contributed by atoms with Gasteiger partial charge in [-0.2, -0.15) is 0 Å². The Morgan fingerprint density at radius 3 is 2.77 bits per heavy atom. The Morgan fingerprint density at radius 1 is 1.19 bits per heavy atom. The Kier molecular flexibility index (Phi) is 4.96. The van der Waals surface area contributed by atoms with Crippen LogP contribution in [0.1, 0.15) is 5.56 Å². The lowest BCUT2D eigenvalue weighted by molar-refractivity contribution is 0.250. The van der Waals surface area contributed by atoms with Crippen LogP contribution in [-0.2, 0) is 13.1 Å². The second kappa shape index (κ2) is 7.53. The number of hydrogen-bond donors (Lipinski definition) is 1. The smallest absolute Gasteiger partial charge is 0.261 e. The molecule has 1 aliphatic heterocycles. The first-order valence-electron chi connectivity index (χ1n) is 8.70. The van der Waals surface area contributed by atoms with Crippen molar-refractivity contribution in [3.05, 3.63) is 52.0 Å². The van der Waals surface area contributed by atoms with Crippen molar-refractivity contribution >= 4 is 28.1 Å². The lowest BCUT2D eigenvalue weighted by Crippen LogP contribution is -2.45. The number of aliphatic hydroxyl groups excluding tert-OH is 1. The molecular weight excluding hydrogens is 350 g/mol. The zero-order chi connectivity index (χ0) is 17.9. The van der Waals surface area contributed by atoms with E-state index in [4.69, 9.17) is 5.11 Å². The Labute approximate surface area is 155 Å². The molecule has 1 fully saturated rings. The fourth-order valence-corrected chi connectivity index (χ4v) is 3.87. The molecule has 4 rings (SSSR count). The van der Waals surface area contributed by atoms with Gasteiger partial charge in [-0.3, -0.25) is 14.3 Å². The highest BCUT2D eigenvalue weighted by Gasteiger charge is 2.18. The Balaban J connectivity index is 1.47. The molecule has 0 amide bonds. The molecule has 1 aromatic carbocycles. The molecule has 3 aromatic rings. The highest BCUT2D eigenvalue weighted by molar-refractivity contribution is 7.03. The Bertz CT molecular complexity index is 932. The van der Waals surface area contributed by atoms with Gasteiger partial charge in [0.1, 0.15) is 0 Å². The van der Waals surface area contributed by atoms with Gasteiger partial charge in [0, 0.05) is 50.0 Å². The predicted octanol–water partition coefficient (Wildman–Crippen LogP) is 1.17. The van der Waals surface area contributed by atoms with E-state index in [1.165, 1.54) is 28.0 Å². The summed E-state index contributed by atoms with van der Waals surface area (Å²) in [6, 6.07) is 5.82. The second-order valence-corrected chi connectivity index (χ2v) is 7.12. The molecule has 2 aromatic heterocycles. The van der Waals surface area contributed by atoms with E-state index in [9.17, 15) is 4.79 Å². The number of rotatable bonds is 5. The predicted molar refractivity (Wildman–Crippen MR) is 103 cm³/mol. The lowest BCUT2D eigenvalue weighted by Gasteiger charge is -2.36. The normalized spacial score (nSPS) is 15.7.